The zero-order chi connectivity index (χ0) is 12.6. The molecule has 2 heterocycles. The number of hydrogen-bond donors (Lipinski definition) is 1. The highest BCUT2D eigenvalue weighted by Gasteiger charge is 2.16. The van der Waals surface area contributed by atoms with Crippen molar-refractivity contribution in [1.82, 2.24) is 9.78 Å². The Hall–Kier alpha value is -0.170. The fourth-order valence-corrected chi connectivity index (χ4v) is 4.70. The van der Waals surface area contributed by atoms with E-state index in [4.69, 9.17) is 0 Å². The van der Waals surface area contributed by atoms with E-state index in [1.54, 1.807) is 11.3 Å². The predicted octanol–water partition coefficient (Wildman–Crippen LogP) is 3.59. The van der Waals surface area contributed by atoms with Crippen molar-refractivity contribution in [1.29, 1.82) is 0 Å². The van der Waals surface area contributed by atoms with Gasteiger partial charge in [0.15, 0.2) is 0 Å². The van der Waals surface area contributed by atoms with Crippen molar-refractivity contribution in [3.63, 3.8) is 0 Å². The first-order valence-corrected chi connectivity index (χ1v) is 7.50. The first-order valence-electron chi connectivity index (χ1n) is 5.09. The average Bonchev–Trinajstić information content (AvgIpc) is 2.70. The molecule has 0 bridgehead atoms. The molecule has 1 atom stereocenters. The smallest absolute Gasteiger partial charge is 0.0864 e. The van der Waals surface area contributed by atoms with Crippen molar-refractivity contribution in [2.45, 2.75) is 19.4 Å². The Morgan fingerprint density at radius 2 is 2.18 bits per heavy atom. The summed E-state index contributed by atoms with van der Waals surface area (Å²) in [5.74, 6) is 0. The molecule has 1 unspecified atom stereocenters. The van der Waals surface area contributed by atoms with Gasteiger partial charge in [0, 0.05) is 24.7 Å². The Labute approximate surface area is 121 Å². The molecule has 0 aromatic carbocycles. The lowest BCUT2D eigenvalue weighted by Crippen LogP contribution is -2.06. The van der Waals surface area contributed by atoms with Crippen LogP contribution in [-0.2, 0) is 13.5 Å². The van der Waals surface area contributed by atoms with Gasteiger partial charge in [-0.2, -0.15) is 5.10 Å². The van der Waals surface area contributed by atoms with Gasteiger partial charge in [-0.15, -0.1) is 11.3 Å². The second kappa shape index (κ2) is 5.22. The molecule has 2 rings (SSSR count). The second-order valence-electron chi connectivity index (χ2n) is 3.90. The van der Waals surface area contributed by atoms with Crippen LogP contribution in [0.25, 0.3) is 0 Å². The third kappa shape index (κ3) is 2.99. The molecule has 0 aliphatic carbocycles. The summed E-state index contributed by atoms with van der Waals surface area (Å²) in [4.78, 5) is 0. The maximum absolute atomic E-state index is 10.2. The summed E-state index contributed by atoms with van der Waals surface area (Å²) in [6.45, 7) is 1.95. The van der Waals surface area contributed by atoms with Gasteiger partial charge in [-0.3, -0.25) is 4.68 Å². The summed E-state index contributed by atoms with van der Waals surface area (Å²) in [5.41, 5.74) is 2.92. The summed E-state index contributed by atoms with van der Waals surface area (Å²) in [6, 6.07) is 3.95. The molecule has 0 amide bonds. The monoisotopic (exact) mass is 378 g/mol. The van der Waals surface area contributed by atoms with Gasteiger partial charge in [0.05, 0.1) is 19.4 Å². The number of rotatable bonds is 3. The summed E-state index contributed by atoms with van der Waals surface area (Å²) in [7, 11) is 1.90. The van der Waals surface area contributed by atoms with E-state index in [1.165, 1.54) is 0 Å². The van der Waals surface area contributed by atoms with E-state index in [0.29, 0.717) is 6.42 Å². The summed E-state index contributed by atoms with van der Waals surface area (Å²) in [5, 5.41) is 14.5. The van der Waals surface area contributed by atoms with Gasteiger partial charge in [0.2, 0.25) is 0 Å². The minimum atomic E-state index is -0.512. The molecule has 92 valence electrons. The molecule has 0 aliphatic rings. The lowest BCUT2D eigenvalue weighted by Gasteiger charge is -2.09. The van der Waals surface area contributed by atoms with Crippen LogP contribution in [0, 0.1) is 6.92 Å². The van der Waals surface area contributed by atoms with Crippen LogP contribution in [0.2, 0.25) is 0 Å². The van der Waals surface area contributed by atoms with Crippen molar-refractivity contribution >= 4 is 43.2 Å². The topological polar surface area (TPSA) is 38.0 Å². The standard InChI is InChI=1S/C11H12Br2N2OS/c1-6-3-7(15(2)14-6)4-9(16)8-5-10(12)17-11(8)13/h3,5,9,16H,4H2,1-2H3. The Bertz CT molecular complexity index is 536. The minimum Gasteiger partial charge on any atom is -0.388 e. The molecule has 3 nitrogen and oxygen atoms in total. The third-order valence-corrected chi connectivity index (χ3v) is 4.93. The number of halogens is 2. The van der Waals surface area contributed by atoms with Gasteiger partial charge in [0.25, 0.3) is 0 Å². The maximum atomic E-state index is 10.2. The lowest BCUT2D eigenvalue weighted by molar-refractivity contribution is 0.175. The van der Waals surface area contributed by atoms with Crippen molar-refractivity contribution in [3.05, 3.63) is 36.7 Å². The number of hydrogen-bond acceptors (Lipinski definition) is 3. The largest absolute Gasteiger partial charge is 0.388 e. The number of thiophene rings is 1. The molecule has 2 aromatic rings. The molecule has 0 radical (unpaired) electrons. The highest BCUT2D eigenvalue weighted by Crippen LogP contribution is 2.36. The van der Waals surface area contributed by atoms with E-state index < -0.39 is 6.10 Å². The van der Waals surface area contributed by atoms with Crippen LogP contribution < -0.4 is 0 Å². The maximum Gasteiger partial charge on any atom is 0.0864 e. The Morgan fingerprint density at radius 3 is 2.65 bits per heavy atom. The summed E-state index contributed by atoms with van der Waals surface area (Å²) < 4.78 is 3.80. The highest BCUT2D eigenvalue weighted by atomic mass is 79.9. The van der Waals surface area contributed by atoms with Gasteiger partial charge in [-0.1, -0.05) is 0 Å². The number of aliphatic hydroxyl groups excluding tert-OH is 1. The molecule has 1 N–H and O–H groups in total. The lowest BCUT2D eigenvalue weighted by atomic mass is 10.1. The van der Waals surface area contributed by atoms with Crippen molar-refractivity contribution < 1.29 is 5.11 Å². The number of aliphatic hydroxyl groups is 1. The predicted molar refractivity (Wildman–Crippen MR) is 76.3 cm³/mol. The number of nitrogens with zero attached hydrogens (tertiary/aromatic N) is 2. The third-order valence-electron chi connectivity index (χ3n) is 2.54. The van der Waals surface area contributed by atoms with Gasteiger partial charge in [-0.05, 0) is 50.9 Å². The second-order valence-corrected chi connectivity index (χ2v) is 7.65. The van der Waals surface area contributed by atoms with Crippen molar-refractivity contribution in [2.75, 3.05) is 0 Å². The number of aromatic nitrogens is 2. The van der Waals surface area contributed by atoms with Gasteiger partial charge >= 0.3 is 0 Å². The van der Waals surface area contributed by atoms with E-state index in [1.807, 2.05) is 30.8 Å². The van der Waals surface area contributed by atoms with Crippen LogP contribution >= 0.6 is 43.2 Å². The SMILES string of the molecule is Cc1cc(CC(O)c2cc(Br)sc2Br)n(C)n1. The van der Waals surface area contributed by atoms with E-state index in [9.17, 15) is 5.11 Å². The molecule has 0 saturated carbocycles. The average molecular weight is 380 g/mol. The molecular formula is C11H12Br2N2OS. The van der Waals surface area contributed by atoms with Crippen molar-refractivity contribution in [2.24, 2.45) is 7.05 Å². The van der Waals surface area contributed by atoms with Gasteiger partial charge in [0.1, 0.15) is 0 Å². The van der Waals surface area contributed by atoms with Gasteiger partial charge < -0.3 is 5.11 Å². The van der Waals surface area contributed by atoms with Gasteiger partial charge in [-0.25, -0.2) is 0 Å². The van der Waals surface area contributed by atoms with E-state index in [0.717, 1.165) is 24.5 Å². The van der Waals surface area contributed by atoms with Crippen LogP contribution in [0.4, 0.5) is 0 Å². The van der Waals surface area contributed by atoms with Crippen molar-refractivity contribution in [3.8, 4) is 0 Å². The Balaban J connectivity index is 2.19. The van der Waals surface area contributed by atoms with E-state index in [-0.39, 0.29) is 0 Å². The molecule has 2 aromatic heterocycles. The van der Waals surface area contributed by atoms with Crippen LogP contribution in [-0.4, -0.2) is 14.9 Å². The van der Waals surface area contributed by atoms with Crippen LogP contribution in [0.15, 0.2) is 19.7 Å². The van der Waals surface area contributed by atoms with E-state index >= 15 is 0 Å². The molecule has 17 heavy (non-hydrogen) atoms. The van der Waals surface area contributed by atoms with E-state index in [2.05, 4.69) is 37.0 Å². The normalized spacial score (nSPS) is 13.0. The summed E-state index contributed by atoms with van der Waals surface area (Å²) >= 11 is 8.44. The zero-order valence-electron chi connectivity index (χ0n) is 9.44. The van der Waals surface area contributed by atoms with Crippen LogP contribution in [0.3, 0.4) is 0 Å². The molecule has 0 saturated heterocycles. The first-order chi connectivity index (χ1) is 7.97. The molecule has 6 heteroatoms. The summed E-state index contributed by atoms with van der Waals surface area (Å²) in [6.07, 6.45) is 0.0563. The van der Waals surface area contributed by atoms with Crippen LogP contribution in [0.5, 0.6) is 0 Å². The Kier molecular flexibility index (Phi) is 4.07. The highest BCUT2D eigenvalue weighted by molar-refractivity contribution is 9.12. The zero-order valence-corrected chi connectivity index (χ0v) is 13.4. The molecular weight excluding hydrogens is 368 g/mol. The van der Waals surface area contributed by atoms with Crippen LogP contribution in [0.1, 0.15) is 23.1 Å². The fourth-order valence-electron chi connectivity index (χ4n) is 1.74. The minimum absolute atomic E-state index is 0.512. The first kappa shape index (κ1) is 13.3. The fraction of sp³-hybridized carbons (Fsp3) is 0.364. The number of aryl methyl sites for hydroxylation is 2. The Morgan fingerprint density at radius 1 is 1.47 bits per heavy atom. The molecule has 0 spiro atoms. The molecule has 0 fully saturated rings. The quantitative estimate of drug-likeness (QED) is 0.884. The molecule has 0 aliphatic heterocycles.